The van der Waals surface area contributed by atoms with Crippen LogP contribution in [0.2, 0.25) is 0 Å². The minimum Gasteiger partial charge on any atom is -0.497 e. The summed E-state index contributed by atoms with van der Waals surface area (Å²) in [4.78, 5) is 12.3. The van der Waals surface area contributed by atoms with Crippen LogP contribution in [0.15, 0.2) is 48.5 Å². The van der Waals surface area contributed by atoms with Crippen LogP contribution >= 0.6 is 0 Å². The molecule has 24 heavy (non-hydrogen) atoms. The summed E-state index contributed by atoms with van der Waals surface area (Å²) in [5.41, 5.74) is 1.84. The van der Waals surface area contributed by atoms with Gasteiger partial charge < -0.3 is 10.1 Å². The molecule has 0 heterocycles. The number of hydrogen-bond acceptors (Lipinski definition) is 4. The van der Waals surface area contributed by atoms with Crippen molar-refractivity contribution in [3.05, 3.63) is 54.1 Å². The van der Waals surface area contributed by atoms with Gasteiger partial charge in [-0.15, -0.1) is 0 Å². The summed E-state index contributed by atoms with van der Waals surface area (Å²) in [5, 5.41) is 2.68. The molecule has 0 fully saturated rings. The monoisotopic (exact) mass is 348 g/mol. The molecular weight excluding hydrogens is 328 g/mol. The Labute approximate surface area is 142 Å². The average molecular weight is 348 g/mol. The molecule has 0 aliphatic heterocycles. The third kappa shape index (κ3) is 4.48. The first kappa shape index (κ1) is 17.8. The lowest BCUT2D eigenvalue weighted by Crippen LogP contribution is -2.37. The van der Waals surface area contributed by atoms with Crippen LogP contribution in [0.5, 0.6) is 5.75 Å². The molecule has 6 nitrogen and oxygen atoms in total. The number of methoxy groups -OCH3 is 1. The second kappa shape index (κ2) is 7.35. The summed E-state index contributed by atoms with van der Waals surface area (Å²) in [6, 6.07) is 13.8. The summed E-state index contributed by atoms with van der Waals surface area (Å²) in [6.45, 7) is 1.50. The summed E-state index contributed by atoms with van der Waals surface area (Å²) in [6.07, 6.45) is 1.08. The van der Waals surface area contributed by atoms with E-state index in [9.17, 15) is 13.2 Å². The van der Waals surface area contributed by atoms with E-state index in [1.807, 2.05) is 6.07 Å². The van der Waals surface area contributed by atoms with Crippen molar-refractivity contribution in [1.29, 1.82) is 0 Å². The van der Waals surface area contributed by atoms with Crippen LogP contribution in [0.25, 0.3) is 0 Å². The molecular formula is C17H20N2O4S. The van der Waals surface area contributed by atoms with Crippen molar-refractivity contribution in [3.8, 4) is 5.75 Å². The number of amides is 1. The van der Waals surface area contributed by atoms with Crippen molar-refractivity contribution in [1.82, 2.24) is 0 Å². The van der Waals surface area contributed by atoms with E-state index >= 15 is 0 Å². The van der Waals surface area contributed by atoms with Gasteiger partial charge in [0.05, 0.1) is 19.1 Å². The number of para-hydroxylation sites is 1. The van der Waals surface area contributed by atoms with Gasteiger partial charge in [-0.3, -0.25) is 9.10 Å². The SMILES string of the molecule is COc1ccc(NC(=O)CN(c2ccccc2C)S(C)(=O)=O)cc1. The molecule has 0 spiro atoms. The number of carbonyl (C=O) groups is 1. The molecule has 7 heteroatoms. The molecule has 0 aliphatic rings. The highest BCUT2D eigenvalue weighted by Gasteiger charge is 2.22. The number of ether oxygens (including phenoxy) is 1. The van der Waals surface area contributed by atoms with Crippen LogP contribution in [0.3, 0.4) is 0 Å². The Hall–Kier alpha value is -2.54. The predicted octanol–water partition coefficient (Wildman–Crippen LogP) is 2.41. The Morgan fingerprint density at radius 1 is 1.12 bits per heavy atom. The van der Waals surface area contributed by atoms with E-state index < -0.39 is 15.9 Å². The second-order valence-electron chi connectivity index (χ2n) is 5.33. The molecule has 2 rings (SSSR count). The molecule has 0 aromatic heterocycles. The molecule has 2 aromatic carbocycles. The number of benzene rings is 2. The van der Waals surface area contributed by atoms with Crippen molar-refractivity contribution in [2.75, 3.05) is 29.5 Å². The quantitative estimate of drug-likeness (QED) is 0.870. The minimum absolute atomic E-state index is 0.296. The van der Waals surface area contributed by atoms with Crippen LogP contribution in [0.4, 0.5) is 11.4 Å². The summed E-state index contributed by atoms with van der Waals surface area (Å²) in [7, 11) is -2.03. The smallest absolute Gasteiger partial charge is 0.245 e. The zero-order chi connectivity index (χ0) is 17.7. The van der Waals surface area contributed by atoms with Gasteiger partial charge in [0, 0.05) is 5.69 Å². The normalized spacial score (nSPS) is 11.0. The fraction of sp³-hybridized carbons (Fsp3) is 0.235. The van der Waals surface area contributed by atoms with Crippen molar-refractivity contribution in [3.63, 3.8) is 0 Å². The number of nitrogens with one attached hydrogen (secondary N) is 1. The van der Waals surface area contributed by atoms with Crippen LogP contribution in [-0.2, 0) is 14.8 Å². The lowest BCUT2D eigenvalue weighted by molar-refractivity contribution is -0.114. The Morgan fingerprint density at radius 2 is 1.75 bits per heavy atom. The highest BCUT2D eigenvalue weighted by molar-refractivity contribution is 7.92. The topological polar surface area (TPSA) is 75.7 Å². The van der Waals surface area contributed by atoms with Gasteiger partial charge in [-0.05, 0) is 42.8 Å². The van der Waals surface area contributed by atoms with Crippen molar-refractivity contribution >= 4 is 27.3 Å². The van der Waals surface area contributed by atoms with E-state index in [1.165, 1.54) is 0 Å². The second-order valence-corrected chi connectivity index (χ2v) is 7.24. The molecule has 0 bridgehead atoms. The maximum absolute atomic E-state index is 12.3. The molecule has 0 atom stereocenters. The fourth-order valence-corrected chi connectivity index (χ4v) is 3.14. The molecule has 128 valence electrons. The van der Waals surface area contributed by atoms with Crippen LogP contribution in [0, 0.1) is 6.92 Å². The Bertz CT molecular complexity index is 817. The molecule has 0 aliphatic carbocycles. The van der Waals surface area contributed by atoms with E-state index in [4.69, 9.17) is 4.74 Å². The maximum Gasteiger partial charge on any atom is 0.245 e. The number of aryl methyl sites for hydroxylation is 1. The summed E-state index contributed by atoms with van der Waals surface area (Å²) in [5.74, 6) is 0.250. The molecule has 0 unspecified atom stereocenters. The molecule has 0 saturated carbocycles. The van der Waals surface area contributed by atoms with Crippen molar-refractivity contribution < 1.29 is 17.9 Å². The lowest BCUT2D eigenvalue weighted by atomic mass is 10.2. The standard InChI is InChI=1S/C17H20N2O4S/c1-13-6-4-5-7-16(13)19(24(3,21)22)12-17(20)18-14-8-10-15(23-2)11-9-14/h4-11H,12H2,1-3H3,(H,18,20). The minimum atomic E-state index is -3.59. The average Bonchev–Trinajstić information content (AvgIpc) is 2.53. The molecule has 1 N–H and O–H groups in total. The van der Waals surface area contributed by atoms with E-state index in [0.717, 1.165) is 16.1 Å². The number of hydrogen-bond donors (Lipinski definition) is 1. The van der Waals surface area contributed by atoms with Crippen LogP contribution in [0.1, 0.15) is 5.56 Å². The van der Waals surface area contributed by atoms with Gasteiger partial charge in [-0.25, -0.2) is 8.42 Å². The van der Waals surface area contributed by atoms with Crippen LogP contribution in [-0.4, -0.2) is 34.2 Å². The van der Waals surface area contributed by atoms with Gasteiger partial charge in [0.1, 0.15) is 12.3 Å². The maximum atomic E-state index is 12.3. The molecule has 0 radical (unpaired) electrons. The van der Waals surface area contributed by atoms with E-state index in [2.05, 4.69) is 5.32 Å². The van der Waals surface area contributed by atoms with Crippen molar-refractivity contribution in [2.24, 2.45) is 0 Å². The fourth-order valence-electron chi connectivity index (χ4n) is 2.23. The van der Waals surface area contributed by atoms with Gasteiger partial charge >= 0.3 is 0 Å². The number of nitrogens with zero attached hydrogens (tertiary/aromatic N) is 1. The Balaban J connectivity index is 2.17. The zero-order valence-corrected chi connectivity index (χ0v) is 14.6. The third-order valence-electron chi connectivity index (χ3n) is 3.45. The number of rotatable bonds is 6. The first-order valence-corrected chi connectivity index (χ1v) is 9.13. The van der Waals surface area contributed by atoms with Gasteiger partial charge in [0.15, 0.2) is 0 Å². The van der Waals surface area contributed by atoms with Gasteiger partial charge in [-0.1, -0.05) is 18.2 Å². The molecule has 1 amide bonds. The first-order valence-electron chi connectivity index (χ1n) is 7.28. The molecule has 0 saturated heterocycles. The zero-order valence-electron chi connectivity index (χ0n) is 13.8. The largest absolute Gasteiger partial charge is 0.497 e. The Kier molecular flexibility index (Phi) is 5.46. The van der Waals surface area contributed by atoms with E-state index in [0.29, 0.717) is 17.1 Å². The number of anilines is 2. The van der Waals surface area contributed by atoms with E-state index in [1.54, 1.807) is 56.5 Å². The highest BCUT2D eigenvalue weighted by Crippen LogP contribution is 2.22. The van der Waals surface area contributed by atoms with Gasteiger partial charge in [0.2, 0.25) is 15.9 Å². The van der Waals surface area contributed by atoms with Crippen molar-refractivity contribution in [2.45, 2.75) is 6.92 Å². The summed E-state index contributed by atoms with van der Waals surface area (Å²) >= 11 is 0. The third-order valence-corrected chi connectivity index (χ3v) is 4.57. The highest BCUT2D eigenvalue weighted by atomic mass is 32.2. The van der Waals surface area contributed by atoms with E-state index in [-0.39, 0.29) is 6.54 Å². The lowest BCUT2D eigenvalue weighted by Gasteiger charge is -2.23. The number of sulfonamides is 1. The first-order chi connectivity index (χ1) is 11.3. The Morgan fingerprint density at radius 3 is 2.29 bits per heavy atom. The summed E-state index contributed by atoms with van der Waals surface area (Å²) < 4.78 is 30.3. The van der Waals surface area contributed by atoms with Gasteiger partial charge in [0.25, 0.3) is 0 Å². The predicted molar refractivity (Wildman–Crippen MR) is 95.0 cm³/mol. The van der Waals surface area contributed by atoms with Crippen LogP contribution < -0.4 is 14.4 Å². The number of carbonyl (C=O) groups excluding carboxylic acids is 1. The van der Waals surface area contributed by atoms with Gasteiger partial charge in [-0.2, -0.15) is 0 Å². The molecule has 2 aromatic rings.